The molecule has 2 heterocycles. The van der Waals surface area contributed by atoms with Crippen LogP contribution in [0.5, 0.6) is 0 Å². The van der Waals surface area contributed by atoms with Gasteiger partial charge < -0.3 is 0 Å². The molecule has 3 nitrogen and oxygen atoms in total. The molecule has 17 heavy (non-hydrogen) atoms. The van der Waals surface area contributed by atoms with Crippen molar-refractivity contribution in [2.75, 3.05) is 11.4 Å². The van der Waals surface area contributed by atoms with E-state index in [1.165, 1.54) is 0 Å². The third-order valence-electron chi connectivity index (χ3n) is 2.67. The fraction of sp³-hybridized carbons (Fsp3) is 0.273. The fourth-order valence-electron chi connectivity index (χ4n) is 1.88. The van der Waals surface area contributed by atoms with Crippen LogP contribution in [0.15, 0.2) is 22.7 Å². The first-order valence-corrected chi connectivity index (χ1v) is 7.30. The van der Waals surface area contributed by atoms with Gasteiger partial charge in [0.05, 0.1) is 10.2 Å². The Morgan fingerprint density at radius 2 is 2.35 bits per heavy atom. The molecule has 1 aliphatic heterocycles. The van der Waals surface area contributed by atoms with E-state index in [2.05, 4.69) is 33.5 Å². The number of thiol groups is 1. The predicted molar refractivity (Wildman–Crippen MR) is 77.1 cm³/mol. The molecule has 1 amide bonds. The van der Waals surface area contributed by atoms with Gasteiger partial charge in [-0.2, -0.15) is 12.6 Å². The van der Waals surface area contributed by atoms with Crippen molar-refractivity contribution in [3.63, 3.8) is 0 Å². The number of fused-ring (bicyclic) bond motifs is 1. The van der Waals surface area contributed by atoms with Gasteiger partial charge in [-0.15, -0.1) is 0 Å². The first-order valence-electron chi connectivity index (χ1n) is 5.18. The number of aromatic nitrogens is 1. The predicted octanol–water partition coefficient (Wildman–Crippen LogP) is 3.09. The number of nitrogens with zero attached hydrogens (tertiary/aromatic N) is 2. The topological polar surface area (TPSA) is 33.2 Å². The summed E-state index contributed by atoms with van der Waals surface area (Å²) in [5, 5.41) is 0.904. The van der Waals surface area contributed by atoms with Crippen molar-refractivity contribution in [2.24, 2.45) is 0 Å². The molecular weight excluding hydrogens is 320 g/mol. The highest BCUT2D eigenvalue weighted by molar-refractivity contribution is 9.10. The molecule has 1 aromatic carbocycles. The number of rotatable bonds is 1. The molecule has 0 spiro atoms. The third-order valence-corrected chi connectivity index (χ3v) is 4.55. The Labute approximate surface area is 116 Å². The Morgan fingerprint density at radius 1 is 1.53 bits per heavy atom. The van der Waals surface area contributed by atoms with Gasteiger partial charge in [0.25, 0.3) is 0 Å². The van der Waals surface area contributed by atoms with Gasteiger partial charge in [0.2, 0.25) is 5.91 Å². The summed E-state index contributed by atoms with van der Waals surface area (Å²) in [6.45, 7) is 0.656. The summed E-state index contributed by atoms with van der Waals surface area (Å²) < 4.78 is 2.12. The summed E-state index contributed by atoms with van der Waals surface area (Å²) >= 11 is 9.32. The normalized spacial score (nSPS) is 20.5. The molecule has 0 saturated carbocycles. The molecule has 1 unspecified atom stereocenters. The highest BCUT2D eigenvalue weighted by atomic mass is 79.9. The minimum atomic E-state index is 0.114. The molecule has 6 heteroatoms. The van der Waals surface area contributed by atoms with Crippen molar-refractivity contribution in [3.8, 4) is 0 Å². The largest absolute Gasteiger partial charge is 0.287 e. The number of halogens is 1. The number of hydrogen-bond acceptors (Lipinski definition) is 4. The van der Waals surface area contributed by atoms with Gasteiger partial charge in [-0.05, 0) is 18.2 Å². The van der Waals surface area contributed by atoms with E-state index in [0.717, 1.165) is 19.8 Å². The van der Waals surface area contributed by atoms with Crippen molar-refractivity contribution >= 4 is 61.2 Å². The average Bonchev–Trinajstić information content (AvgIpc) is 2.80. The Kier molecular flexibility index (Phi) is 2.88. The molecule has 0 aliphatic carbocycles. The lowest BCUT2D eigenvalue weighted by molar-refractivity contribution is -0.117. The second kappa shape index (κ2) is 4.26. The lowest BCUT2D eigenvalue weighted by atomic mass is 10.3. The monoisotopic (exact) mass is 328 g/mol. The van der Waals surface area contributed by atoms with E-state index in [-0.39, 0.29) is 11.2 Å². The zero-order chi connectivity index (χ0) is 12.0. The minimum absolute atomic E-state index is 0.114. The molecule has 1 fully saturated rings. The molecule has 0 radical (unpaired) electrons. The number of carbonyl (C=O) groups is 1. The van der Waals surface area contributed by atoms with Crippen molar-refractivity contribution in [2.45, 2.75) is 11.7 Å². The van der Waals surface area contributed by atoms with Crippen LogP contribution in [0, 0.1) is 0 Å². The number of thiazole rings is 1. The van der Waals surface area contributed by atoms with E-state index in [1.54, 1.807) is 16.2 Å². The zero-order valence-corrected chi connectivity index (χ0v) is 12.1. The van der Waals surface area contributed by atoms with Gasteiger partial charge in [-0.3, -0.25) is 9.69 Å². The molecule has 1 aliphatic rings. The van der Waals surface area contributed by atoms with Gasteiger partial charge in [-0.1, -0.05) is 27.3 Å². The van der Waals surface area contributed by atoms with E-state index in [4.69, 9.17) is 0 Å². The van der Waals surface area contributed by atoms with Gasteiger partial charge in [0.1, 0.15) is 0 Å². The van der Waals surface area contributed by atoms with Crippen LogP contribution in [0.3, 0.4) is 0 Å². The molecule has 2 aromatic rings. The number of carbonyl (C=O) groups excluding carboxylic acids is 1. The summed E-state index contributed by atoms with van der Waals surface area (Å²) in [5.41, 5.74) is 0.934. The zero-order valence-electron chi connectivity index (χ0n) is 8.76. The van der Waals surface area contributed by atoms with E-state index in [9.17, 15) is 4.79 Å². The van der Waals surface area contributed by atoms with Crippen LogP contribution in [-0.4, -0.2) is 22.7 Å². The third kappa shape index (κ3) is 2.09. The smallest absolute Gasteiger partial charge is 0.229 e. The standard InChI is InChI=1S/C11H9BrN2OS2/c12-6-1-2-8-9(3-6)17-11(13-8)14-5-7(16)4-10(14)15/h1-3,7,16H,4-5H2. The summed E-state index contributed by atoms with van der Waals surface area (Å²) in [4.78, 5) is 18.0. The van der Waals surface area contributed by atoms with Crippen molar-refractivity contribution in [3.05, 3.63) is 22.7 Å². The van der Waals surface area contributed by atoms with E-state index < -0.39 is 0 Å². The maximum absolute atomic E-state index is 11.8. The van der Waals surface area contributed by atoms with E-state index in [1.807, 2.05) is 18.2 Å². The quantitative estimate of drug-likeness (QED) is 0.816. The number of anilines is 1. The first-order chi connectivity index (χ1) is 8.13. The Bertz CT molecular complexity index is 598. The highest BCUT2D eigenvalue weighted by Crippen LogP contribution is 2.33. The number of amides is 1. The maximum atomic E-state index is 11.8. The van der Waals surface area contributed by atoms with Crippen molar-refractivity contribution in [1.82, 2.24) is 4.98 Å². The Hall–Kier alpha value is -0.590. The molecule has 88 valence electrons. The molecule has 0 bridgehead atoms. The maximum Gasteiger partial charge on any atom is 0.229 e. The van der Waals surface area contributed by atoms with E-state index >= 15 is 0 Å². The van der Waals surface area contributed by atoms with Crippen molar-refractivity contribution < 1.29 is 4.79 Å². The second-order valence-corrected chi connectivity index (χ2v) is 6.63. The SMILES string of the molecule is O=C1CC(S)CN1c1nc2ccc(Br)cc2s1. The van der Waals surface area contributed by atoms with Gasteiger partial charge in [0.15, 0.2) is 5.13 Å². The molecule has 1 atom stereocenters. The molecule has 1 aromatic heterocycles. The first kappa shape index (κ1) is 11.5. The van der Waals surface area contributed by atoms with E-state index in [0.29, 0.717) is 13.0 Å². The summed E-state index contributed by atoms with van der Waals surface area (Å²) in [5.74, 6) is 0.114. The summed E-state index contributed by atoms with van der Waals surface area (Å²) in [6, 6.07) is 5.94. The molecular formula is C11H9BrN2OS2. The summed E-state index contributed by atoms with van der Waals surface area (Å²) in [6.07, 6.45) is 0.503. The number of benzene rings is 1. The average molecular weight is 329 g/mol. The second-order valence-electron chi connectivity index (χ2n) is 3.97. The fourth-order valence-corrected chi connectivity index (χ4v) is 3.74. The highest BCUT2D eigenvalue weighted by Gasteiger charge is 2.30. The summed E-state index contributed by atoms with van der Waals surface area (Å²) in [7, 11) is 0. The van der Waals surface area contributed by atoms with Crippen LogP contribution >= 0.6 is 39.9 Å². The van der Waals surface area contributed by atoms with Crippen molar-refractivity contribution in [1.29, 1.82) is 0 Å². The van der Waals surface area contributed by atoms with Crippen LogP contribution in [0.4, 0.5) is 5.13 Å². The lowest BCUT2D eigenvalue weighted by Gasteiger charge is -2.10. The molecule has 0 N–H and O–H groups in total. The Balaban J connectivity index is 2.03. The molecule has 3 rings (SSSR count). The minimum Gasteiger partial charge on any atom is -0.287 e. The lowest BCUT2D eigenvalue weighted by Crippen LogP contribution is -2.24. The van der Waals surface area contributed by atoms with Crippen LogP contribution in [-0.2, 0) is 4.79 Å². The Morgan fingerprint density at radius 3 is 3.06 bits per heavy atom. The number of hydrogen-bond donors (Lipinski definition) is 1. The van der Waals surface area contributed by atoms with Crippen LogP contribution in [0.2, 0.25) is 0 Å². The van der Waals surface area contributed by atoms with Gasteiger partial charge in [-0.25, -0.2) is 4.98 Å². The van der Waals surface area contributed by atoms with Crippen LogP contribution < -0.4 is 4.90 Å². The molecule has 1 saturated heterocycles. The van der Waals surface area contributed by atoms with Crippen LogP contribution in [0.1, 0.15) is 6.42 Å². The van der Waals surface area contributed by atoms with Gasteiger partial charge in [0, 0.05) is 22.7 Å². The van der Waals surface area contributed by atoms with Crippen LogP contribution in [0.25, 0.3) is 10.2 Å². The van der Waals surface area contributed by atoms with Gasteiger partial charge >= 0.3 is 0 Å².